The minimum Gasteiger partial charge on any atom is -0.494 e. The van der Waals surface area contributed by atoms with E-state index in [-0.39, 0.29) is 0 Å². The Labute approximate surface area is 98.2 Å². The molecule has 16 heavy (non-hydrogen) atoms. The zero-order valence-electron chi connectivity index (χ0n) is 10.4. The molecule has 1 unspecified atom stereocenters. The van der Waals surface area contributed by atoms with Crippen LogP contribution in [0, 0.1) is 0 Å². The summed E-state index contributed by atoms with van der Waals surface area (Å²) in [5.41, 5.74) is 6.68. The van der Waals surface area contributed by atoms with Crippen molar-refractivity contribution in [3.8, 4) is 5.75 Å². The number of benzene rings is 1. The average Bonchev–Trinajstić information content (AvgIpc) is 2.29. The molecule has 1 aromatic carbocycles. The van der Waals surface area contributed by atoms with Crippen molar-refractivity contribution < 1.29 is 4.74 Å². The summed E-state index contributed by atoms with van der Waals surface area (Å²) in [6.45, 7) is 3.50. The smallest absolute Gasteiger partial charge is 0.119 e. The van der Waals surface area contributed by atoms with Crippen molar-refractivity contribution in [1.82, 2.24) is 4.90 Å². The van der Waals surface area contributed by atoms with Gasteiger partial charge in [-0.05, 0) is 45.1 Å². The van der Waals surface area contributed by atoms with Crippen molar-refractivity contribution in [2.45, 2.75) is 25.9 Å². The standard InChI is InChI=1S/C13H22N2O/c1-11(15(2)3)7-8-16-13-6-4-5-12(9-13)10-14/h4-6,9,11H,7-8,10,14H2,1-3H3. The van der Waals surface area contributed by atoms with Crippen LogP contribution in [0.3, 0.4) is 0 Å². The van der Waals surface area contributed by atoms with E-state index in [1.54, 1.807) is 0 Å². The number of hydrogen-bond acceptors (Lipinski definition) is 3. The SMILES string of the molecule is CC(CCOc1cccc(CN)c1)N(C)C. The Bertz CT molecular complexity index is 313. The van der Waals surface area contributed by atoms with Crippen LogP contribution in [0.1, 0.15) is 18.9 Å². The highest BCUT2D eigenvalue weighted by Gasteiger charge is 2.04. The second-order valence-corrected chi connectivity index (χ2v) is 4.30. The fourth-order valence-electron chi connectivity index (χ4n) is 1.37. The predicted octanol–water partition coefficient (Wildman–Crippen LogP) is 1.86. The van der Waals surface area contributed by atoms with Gasteiger partial charge in [0.05, 0.1) is 6.61 Å². The zero-order valence-corrected chi connectivity index (χ0v) is 10.4. The highest BCUT2D eigenvalue weighted by molar-refractivity contribution is 5.28. The summed E-state index contributed by atoms with van der Waals surface area (Å²) in [6, 6.07) is 8.50. The van der Waals surface area contributed by atoms with Gasteiger partial charge in [0.1, 0.15) is 5.75 Å². The fourth-order valence-corrected chi connectivity index (χ4v) is 1.37. The summed E-state index contributed by atoms with van der Waals surface area (Å²) in [5, 5.41) is 0. The topological polar surface area (TPSA) is 38.5 Å². The molecule has 0 saturated heterocycles. The van der Waals surface area contributed by atoms with E-state index in [9.17, 15) is 0 Å². The van der Waals surface area contributed by atoms with Crippen molar-refractivity contribution in [3.05, 3.63) is 29.8 Å². The molecule has 0 radical (unpaired) electrons. The number of rotatable bonds is 6. The summed E-state index contributed by atoms with van der Waals surface area (Å²) < 4.78 is 5.69. The summed E-state index contributed by atoms with van der Waals surface area (Å²) in [6.07, 6.45) is 1.03. The number of nitrogens with two attached hydrogens (primary N) is 1. The van der Waals surface area contributed by atoms with Crippen LogP contribution in [0.15, 0.2) is 24.3 Å². The van der Waals surface area contributed by atoms with Gasteiger partial charge in [0, 0.05) is 12.6 Å². The lowest BCUT2D eigenvalue weighted by Crippen LogP contribution is -2.26. The first-order valence-corrected chi connectivity index (χ1v) is 5.71. The first kappa shape index (κ1) is 13.0. The summed E-state index contributed by atoms with van der Waals surface area (Å²) >= 11 is 0. The number of ether oxygens (including phenoxy) is 1. The van der Waals surface area contributed by atoms with Crippen LogP contribution in [0.25, 0.3) is 0 Å². The zero-order chi connectivity index (χ0) is 12.0. The van der Waals surface area contributed by atoms with Crippen LogP contribution in [0.2, 0.25) is 0 Å². The molecule has 0 fully saturated rings. The maximum absolute atomic E-state index is 5.69. The van der Waals surface area contributed by atoms with E-state index in [4.69, 9.17) is 10.5 Å². The summed E-state index contributed by atoms with van der Waals surface area (Å²) in [4.78, 5) is 2.19. The molecule has 3 nitrogen and oxygen atoms in total. The minimum atomic E-state index is 0.540. The van der Waals surface area contributed by atoms with Gasteiger partial charge < -0.3 is 15.4 Å². The van der Waals surface area contributed by atoms with E-state index in [0.29, 0.717) is 12.6 Å². The van der Waals surface area contributed by atoms with Crippen LogP contribution in [-0.4, -0.2) is 31.6 Å². The molecule has 0 aliphatic heterocycles. The lowest BCUT2D eigenvalue weighted by atomic mass is 10.2. The molecule has 0 saturated carbocycles. The number of nitrogens with zero attached hydrogens (tertiary/aromatic N) is 1. The van der Waals surface area contributed by atoms with Gasteiger partial charge in [0.2, 0.25) is 0 Å². The van der Waals surface area contributed by atoms with Crippen LogP contribution in [0.4, 0.5) is 0 Å². The summed E-state index contributed by atoms with van der Waals surface area (Å²) in [5.74, 6) is 0.911. The second-order valence-electron chi connectivity index (χ2n) is 4.30. The van der Waals surface area contributed by atoms with Gasteiger partial charge in [-0.25, -0.2) is 0 Å². The molecule has 1 atom stereocenters. The van der Waals surface area contributed by atoms with E-state index in [2.05, 4.69) is 25.9 Å². The highest BCUT2D eigenvalue weighted by atomic mass is 16.5. The third-order valence-corrected chi connectivity index (χ3v) is 2.82. The van der Waals surface area contributed by atoms with Gasteiger partial charge in [-0.1, -0.05) is 12.1 Å². The van der Waals surface area contributed by atoms with Gasteiger partial charge in [-0.15, -0.1) is 0 Å². The lowest BCUT2D eigenvalue weighted by molar-refractivity contribution is 0.233. The molecular formula is C13H22N2O. The maximum Gasteiger partial charge on any atom is 0.119 e. The fraction of sp³-hybridized carbons (Fsp3) is 0.538. The molecular weight excluding hydrogens is 200 g/mol. The van der Waals surface area contributed by atoms with E-state index in [1.807, 2.05) is 24.3 Å². The van der Waals surface area contributed by atoms with Gasteiger partial charge >= 0.3 is 0 Å². The molecule has 0 amide bonds. The van der Waals surface area contributed by atoms with Crippen molar-refractivity contribution in [2.75, 3.05) is 20.7 Å². The Hall–Kier alpha value is -1.06. The first-order chi connectivity index (χ1) is 7.63. The maximum atomic E-state index is 5.69. The quantitative estimate of drug-likeness (QED) is 0.798. The van der Waals surface area contributed by atoms with E-state index < -0.39 is 0 Å². The predicted molar refractivity (Wildman–Crippen MR) is 67.6 cm³/mol. The van der Waals surface area contributed by atoms with E-state index in [0.717, 1.165) is 24.3 Å². The Balaban J connectivity index is 2.37. The van der Waals surface area contributed by atoms with Gasteiger partial charge in [0.25, 0.3) is 0 Å². The molecule has 1 rings (SSSR count). The van der Waals surface area contributed by atoms with Crippen molar-refractivity contribution in [2.24, 2.45) is 5.73 Å². The average molecular weight is 222 g/mol. The second kappa shape index (κ2) is 6.51. The summed E-state index contributed by atoms with van der Waals surface area (Å²) in [7, 11) is 4.17. The first-order valence-electron chi connectivity index (χ1n) is 5.71. The Morgan fingerprint density at radius 2 is 2.12 bits per heavy atom. The monoisotopic (exact) mass is 222 g/mol. The lowest BCUT2D eigenvalue weighted by Gasteiger charge is -2.19. The molecule has 2 N–H and O–H groups in total. The van der Waals surface area contributed by atoms with Gasteiger partial charge in [0.15, 0.2) is 0 Å². The Morgan fingerprint density at radius 1 is 1.38 bits per heavy atom. The third-order valence-electron chi connectivity index (χ3n) is 2.82. The van der Waals surface area contributed by atoms with Crippen LogP contribution >= 0.6 is 0 Å². The third kappa shape index (κ3) is 4.21. The molecule has 1 aromatic rings. The molecule has 90 valence electrons. The largest absolute Gasteiger partial charge is 0.494 e. The molecule has 3 heteroatoms. The molecule has 0 heterocycles. The van der Waals surface area contributed by atoms with E-state index >= 15 is 0 Å². The normalized spacial score (nSPS) is 12.8. The number of hydrogen-bond donors (Lipinski definition) is 1. The van der Waals surface area contributed by atoms with Gasteiger partial charge in [-0.2, -0.15) is 0 Å². The molecule has 0 aliphatic rings. The van der Waals surface area contributed by atoms with Crippen molar-refractivity contribution in [1.29, 1.82) is 0 Å². The van der Waals surface area contributed by atoms with Crippen molar-refractivity contribution >= 4 is 0 Å². The molecule has 0 spiro atoms. The Kier molecular flexibility index (Phi) is 5.29. The van der Waals surface area contributed by atoms with Crippen LogP contribution in [0.5, 0.6) is 5.75 Å². The molecule has 0 aliphatic carbocycles. The van der Waals surface area contributed by atoms with Crippen LogP contribution in [-0.2, 0) is 6.54 Å². The van der Waals surface area contributed by atoms with Crippen molar-refractivity contribution in [3.63, 3.8) is 0 Å². The molecule has 0 aromatic heterocycles. The van der Waals surface area contributed by atoms with Gasteiger partial charge in [-0.3, -0.25) is 0 Å². The Morgan fingerprint density at radius 3 is 2.75 bits per heavy atom. The molecule has 0 bridgehead atoms. The van der Waals surface area contributed by atoms with Crippen LogP contribution < -0.4 is 10.5 Å². The minimum absolute atomic E-state index is 0.540. The van der Waals surface area contributed by atoms with E-state index in [1.165, 1.54) is 0 Å². The highest BCUT2D eigenvalue weighted by Crippen LogP contribution is 2.13.